The van der Waals surface area contributed by atoms with E-state index in [9.17, 15) is 14.4 Å². The van der Waals surface area contributed by atoms with Crippen LogP contribution in [0.3, 0.4) is 0 Å². The van der Waals surface area contributed by atoms with Crippen molar-refractivity contribution >= 4 is 40.2 Å². The number of esters is 1. The Morgan fingerprint density at radius 1 is 1.24 bits per heavy atom. The normalized spacial score (nSPS) is 12.6. The zero-order valence-corrected chi connectivity index (χ0v) is 16.8. The fraction of sp³-hybridized carbons (Fsp3) is 0.286. The lowest BCUT2D eigenvalue weighted by Gasteiger charge is -2.07. The van der Waals surface area contributed by atoms with E-state index in [0.717, 1.165) is 35.3 Å². The fourth-order valence-corrected chi connectivity index (χ4v) is 4.47. The summed E-state index contributed by atoms with van der Waals surface area (Å²) in [7, 11) is 0. The molecule has 2 aromatic rings. The van der Waals surface area contributed by atoms with E-state index in [2.05, 4.69) is 5.32 Å². The molecule has 29 heavy (non-hydrogen) atoms. The van der Waals surface area contributed by atoms with Crippen LogP contribution in [0.4, 0.5) is 5.00 Å². The second kappa shape index (κ2) is 9.38. The molecule has 0 aliphatic heterocycles. The number of anilines is 1. The molecule has 3 rings (SSSR count). The summed E-state index contributed by atoms with van der Waals surface area (Å²) in [4.78, 5) is 36.9. The van der Waals surface area contributed by atoms with Crippen molar-refractivity contribution in [2.75, 3.05) is 18.5 Å². The molecule has 1 aliphatic rings. The number of ether oxygens (including phenoxy) is 2. The second-order valence-corrected chi connectivity index (χ2v) is 7.49. The van der Waals surface area contributed by atoms with E-state index in [1.165, 1.54) is 17.4 Å². The molecule has 8 heteroatoms. The highest BCUT2D eigenvalue weighted by molar-refractivity contribution is 7.17. The number of aryl methyl sites for hydroxylation is 1. The molecule has 0 fully saturated rings. The van der Waals surface area contributed by atoms with Crippen LogP contribution in [0.1, 0.15) is 39.7 Å². The van der Waals surface area contributed by atoms with Gasteiger partial charge in [0, 0.05) is 16.5 Å². The molecule has 1 aromatic heterocycles. The smallest absolute Gasteiger partial charge is 0.331 e. The lowest BCUT2D eigenvalue weighted by Crippen LogP contribution is -2.22. The van der Waals surface area contributed by atoms with Crippen molar-refractivity contribution in [2.24, 2.45) is 5.73 Å². The van der Waals surface area contributed by atoms with Crippen molar-refractivity contribution in [3.63, 3.8) is 0 Å². The number of para-hydroxylation sites is 1. The molecule has 0 radical (unpaired) electrons. The molecule has 1 aromatic carbocycles. The van der Waals surface area contributed by atoms with Crippen molar-refractivity contribution < 1.29 is 23.9 Å². The molecule has 0 unspecified atom stereocenters. The van der Waals surface area contributed by atoms with E-state index in [1.807, 2.05) is 25.1 Å². The first-order chi connectivity index (χ1) is 14.0. The highest BCUT2D eigenvalue weighted by atomic mass is 32.1. The third-order valence-electron chi connectivity index (χ3n) is 4.38. The predicted molar refractivity (Wildman–Crippen MR) is 111 cm³/mol. The number of primary amides is 1. The Kier molecular flexibility index (Phi) is 6.66. The average Bonchev–Trinajstić information content (AvgIpc) is 3.26. The number of hydrogen-bond donors (Lipinski definition) is 2. The van der Waals surface area contributed by atoms with Crippen LogP contribution in [-0.2, 0) is 27.2 Å². The summed E-state index contributed by atoms with van der Waals surface area (Å²) in [6.45, 7) is 1.92. The van der Waals surface area contributed by atoms with Crippen LogP contribution in [0.2, 0.25) is 0 Å². The first-order valence-electron chi connectivity index (χ1n) is 9.30. The van der Waals surface area contributed by atoms with Crippen molar-refractivity contribution in [3.8, 4) is 5.75 Å². The van der Waals surface area contributed by atoms with Gasteiger partial charge >= 0.3 is 5.97 Å². The monoisotopic (exact) mass is 414 g/mol. The second-order valence-electron chi connectivity index (χ2n) is 6.39. The molecule has 0 spiro atoms. The van der Waals surface area contributed by atoms with Gasteiger partial charge in [-0.25, -0.2) is 4.79 Å². The van der Waals surface area contributed by atoms with Gasteiger partial charge in [0.25, 0.3) is 11.8 Å². The summed E-state index contributed by atoms with van der Waals surface area (Å²) in [5, 5.41) is 3.05. The Morgan fingerprint density at radius 2 is 2.03 bits per heavy atom. The Labute approximate surface area is 172 Å². The molecule has 152 valence electrons. The minimum absolute atomic E-state index is 0.370. The van der Waals surface area contributed by atoms with Gasteiger partial charge in [0.2, 0.25) is 0 Å². The topological polar surface area (TPSA) is 108 Å². The van der Waals surface area contributed by atoms with E-state index in [0.29, 0.717) is 22.9 Å². The highest BCUT2D eigenvalue weighted by Gasteiger charge is 2.26. The zero-order chi connectivity index (χ0) is 20.8. The van der Waals surface area contributed by atoms with E-state index >= 15 is 0 Å². The molecular formula is C21H22N2O5S. The summed E-state index contributed by atoms with van der Waals surface area (Å²) in [6, 6.07) is 7.28. The van der Waals surface area contributed by atoms with E-state index < -0.39 is 24.4 Å². The van der Waals surface area contributed by atoms with Crippen LogP contribution in [-0.4, -0.2) is 31.0 Å². The summed E-state index contributed by atoms with van der Waals surface area (Å²) >= 11 is 1.35. The molecule has 7 nitrogen and oxygen atoms in total. The maximum Gasteiger partial charge on any atom is 0.331 e. The number of carbonyl (C=O) groups excluding carboxylic acids is 3. The number of benzene rings is 1. The molecule has 0 saturated carbocycles. The van der Waals surface area contributed by atoms with Gasteiger partial charge in [0.15, 0.2) is 6.61 Å². The van der Waals surface area contributed by atoms with Crippen molar-refractivity contribution in [2.45, 2.75) is 26.2 Å². The Hall–Kier alpha value is -3.13. The molecule has 0 atom stereocenters. The highest BCUT2D eigenvalue weighted by Crippen LogP contribution is 2.38. The number of thiophene rings is 1. The van der Waals surface area contributed by atoms with Crippen LogP contribution in [0, 0.1) is 0 Å². The third kappa shape index (κ3) is 5.03. The lowest BCUT2D eigenvalue weighted by atomic mass is 10.1. The number of nitrogens with one attached hydrogen (secondary N) is 1. The van der Waals surface area contributed by atoms with Gasteiger partial charge in [-0.2, -0.15) is 0 Å². The largest absolute Gasteiger partial charge is 0.493 e. The van der Waals surface area contributed by atoms with Crippen LogP contribution < -0.4 is 15.8 Å². The van der Waals surface area contributed by atoms with Crippen LogP contribution in [0.25, 0.3) is 6.08 Å². The summed E-state index contributed by atoms with van der Waals surface area (Å²) in [5.74, 6) is -1.09. The van der Waals surface area contributed by atoms with Crippen molar-refractivity contribution in [1.29, 1.82) is 0 Å². The standard InChI is InChI=1S/C21H22N2O5S/c1-2-27-15-8-4-3-6-13(15)10-11-18(25)28-12-17(24)23-21-19(20(22)26)14-7-5-9-16(14)29-21/h3-4,6,8,10-11H,2,5,7,9,12H2,1H3,(H2,22,26)(H,23,24)/b11-10+. The third-order valence-corrected chi connectivity index (χ3v) is 5.59. The number of fused-ring (bicyclic) bond motifs is 1. The molecular weight excluding hydrogens is 392 g/mol. The Morgan fingerprint density at radius 3 is 2.79 bits per heavy atom. The minimum Gasteiger partial charge on any atom is -0.493 e. The number of rotatable bonds is 8. The first kappa shape index (κ1) is 20.6. The van der Waals surface area contributed by atoms with Gasteiger partial charge < -0.3 is 20.5 Å². The van der Waals surface area contributed by atoms with Crippen LogP contribution in [0.15, 0.2) is 30.3 Å². The van der Waals surface area contributed by atoms with Gasteiger partial charge in [0.1, 0.15) is 10.8 Å². The van der Waals surface area contributed by atoms with Gasteiger partial charge in [-0.3, -0.25) is 9.59 Å². The zero-order valence-electron chi connectivity index (χ0n) is 16.0. The van der Waals surface area contributed by atoms with Crippen molar-refractivity contribution in [1.82, 2.24) is 0 Å². The van der Waals surface area contributed by atoms with Crippen LogP contribution >= 0.6 is 11.3 Å². The number of carbonyl (C=O) groups is 3. The molecule has 0 bridgehead atoms. The van der Waals surface area contributed by atoms with Crippen LogP contribution in [0.5, 0.6) is 5.75 Å². The molecule has 1 aliphatic carbocycles. The van der Waals surface area contributed by atoms with Gasteiger partial charge in [-0.1, -0.05) is 18.2 Å². The number of amides is 2. The summed E-state index contributed by atoms with van der Waals surface area (Å²) in [6.07, 6.45) is 5.44. The quantitative estimate of drug-likeness (QED) is 0.510. The molecule has 2 amide bonds. The first-order valence-corrected chi connectivity index (χ1v) is 10.1. The fourth-order valence-electron chi connectivity index (χ4n) is 3.16. The van der Waals surface area contributed by atoms with E-state index in [1.54, 1.807) is 12.1 Å². The Balaban J connectivity index is 1.56. The minimum atomic E-state index is -0.657. The van der Waals surface area contributed by atoms with Crippen molar-refractivity contribution in [3.05, 3.63) is 51.9 Å². The molecule has 0 saturated heterocycles. The average molecular weight is 414 g/mol. The summed E-state index contributed by atoms with van der Waals surface area (Å²) < 4.78 is 10.5. The van der Waals surface area contributed by atoms with Gasteiger partial charge in [0.05, 0.1) is 12.2 Å². The lowest BCUT2D eigenvalue weighted by molar-refractivity contribution is -0.142. The summed E-state index contributed by atoms with van der Waals surface area (Å²) in [5.41, 5.74) is 7.49. The maximum atomic E-state index is 12.2. The predicted octanol–water partition coefficient (Wildman–Crippen LogP) is 2.93. The molecule has 3 N–H and O–H groups in total. The SMILES string of the molecule is CCOc1ccccc1/C=C/C(=O)OCC(=O)Nc1sc2c(c1C(N)=O)CCC2. The Bertz CT molecular complexity index is 964. The van der Waals surface area contributed by atoms with E-state index in [-0.39, 0.29) is 0 Å². The van der Waals surface area contributed by atoms with Gasteiger partial charge in [-0.15, -0.1) is 11.3 Å². The van der Waals surface area contributed by atoms with E-state index in [4.69, 9.17) is 15.2 Å². The molecule has 1 heterocycles. The van der Waals surface area contributed by atoms with Gasteiger partial charge in [-0.05, 0) is 43.9 Å². The number of hydrogen-bond acceptors (Lipinski definition) is 6. The number of nitrogens with two attached hydrogens (primary N) is 1. The maximum absolute atomic E-state index is 12.2.